The number of nitriles is 1. The number of benzene rings is 1. The highest BCUT2D eigenvalue weighted by Crippen LogP contribution is 2.31. The molecule has 0 aliphatic rings. The molecule has 0 aliphatic heterocycles. The van der Waals surface area contributed by atoms with Crippen LogP contribution in [-0.2, 0) is 0 Å². The molecule has 0 amide bonds. The lowest BCUT2D eigenvalue weighted by Crippen LogP contribution is -2.29. The summed E-state index contributed by atoms with van der Waals surface area (Å²) in [6, 6.07) is 11.8. The predicted octanol–water partition coefficient (Wildman–Crippen LogP) is 3.84. The van der Waals surface area contributed by atoms with Crippen LogP contribution in [0.1, 0.15) is 26.2 Å². The molecular formula is C13H17NOS. The van der Waals surface area contributed by atoms with Crippen molar-refractivity contribution in [3.05, 3.63) is 30.3 Å². The Labute approximate surface area is 102 Å². The van der Waals surface area contributed by atoms with Gasteiger partial charge in [-0.1, -0.05) is 31.5 Å². The summed E-state index contributed by atoms with van der Waals surface area (Å²) in [6.07, 6.45) is 4.75. The normalized spacial score (nSPS) is 13.8. The molecule has 1 atom stereocenters. The first kappa shape index (κ1) is 12.9. The molecule has 0 radical (unpaired) electrons. The van der Waals surface area contributed by atoms with Gasteiger partial charge in [-0.05, 0) is 24.8 Å². The lowest BCUT2D eigenvalue weighted by molar-refractivity contribution is 0.208. The Morgan fingerprint density at radius 3 is 2.56 bits per heavy atom. The van der Waals surface area contributed by atoms with Gasteiger partial charge in [0.15, 0.2) is 0 Å². The van der Waals surface area contributed by atoms with E-state index in [1.54, 1.807) is 0 Å². The number of nitrogens with zero attached hydrogens (tertiary/aromatic N) is 1. The van der Waals surface area contributed by atoms with Crippen molar-refractivity contribution in [1.82, 2.24) is 0 Å². The SMILES string of the molecule is CCCCC(C#N)(Oc1ccccc1)SC. The van der Waals surface area contributed by atoms with Crippen LogP contribution in [0.3, 0.4) is 0 Å². The first-order chi connectivity index (χ1) is 7.76. The highest BCUT2D eigenvalue weighted by atomic mass is 32.2. The smallest absolute Gasteiger partial charge is 0.240 e. The second-order valence-electron chi connectivity index (χ2n) is 3.59. The summed E-state index contributed by atoms with van der Waals surface area (Å²) < 4.78 is 5.80. The molecule has 1 rings (SSSR count). The van der Waals surface area contributed by atoms with Gasteiger partial charge >= 0.3 is 0 Å². The molecule has 0 bridgehead atoms. The minimum atomic E-state index is -0.739. The first-order valence-electron chi connectivity index (χ1n) is 5.47. The molecule has 2 nitrogen and oxygen atoms in total. The molecule has 86 valence electrons. The molecule has 0 fully saturated rings. The number of thioether (sulfide) groups is 1. The van der Waals surface area contributed by atoms with Crippen LogP contribution in [-0.4, -0.2) is 11.2 Å². The quantitative estimate of drug-likeness (QED) is 0.702. The van der Waals surface area contributed by atoms with Crippen molar-refractivity contribution in [1.29, 1.82) is 5.26 Å². The van der Waals surface area contributed by atoms with Crippen molar-refractivity contribution in [2.24, 2.45) is 0 Å². The third-order valence-electron chi connectivity index (χ3n) is 2.39. The van der Waals surface area contributed by atoms with E-state index in [2.05, 4.69) is 13.0 Å². The standard InChI is InChI=1S/C13H17NOS/c1-3-4-10-13(11-14,16-2)15-12-8-6-5-7-9-12/h5-9H,3-4,10H2,1-2H3. The summed E-state index contributed by atoms with van der Waals surface area (Å²) in [4.78, 5) is -0.739. The molecule has 0 saturated heterocycles. The molecule has 16 heavy (non-hydrogen) atoms. The van der Waals surface area contributed by atoms with Crippen LogP contribution in [0, 0.1) is 11.3 Å². The Hall–Kier alpha value is -1.14. The van der Waals surface area contributed by atoms with Crippen molar-refractivity contribution < 1.29 is 4.74 Å². The molecule has 1 unspecified atom stereocenters. The molecule has 0 N–H and O–H groups in total. The Balaban J connectivity index is 2.75. The number of ether oxygens (including phenoxy) is 1. The molecule has 0 aliphatic carbocycles. The lowest BCUT2D eigenvalue weighted by Gasteiger charge is -2.25. The van der Waals surface area contributed by atoms with Crippen molar-refractivity contribution in [3.63, 3.8) is 0 Å². The zero-order valence-corrected chi connectivity index (χ0v) is 10.6. The van der Waals surface area contributed by atoms with Crippen LogP contribution in [0.4, 0.5) is 0 Å². The molecule has 0 saturated carbocycles. The van der Waals surface area contributed by atoms with E-state index in [4.69, 9.17) is 4.74 Å². The van der Waals surface area contributed by atoms with Gasteiger partial charge < -0.3 is 4.74 Å². The summed E-state index contributed by atoms with van der Waals surface area (Å²) in [5.74, 6) is 0.759. The summed E-state index contributed by atoms with van der Waals surface area (Å²) in [7, 11) is 0. The monoisotopic (exact) mass is 235 g/mol. The van der Waals surface area contributed by atoms with Crippen molar-refractivity contribution in [3.8, 4) is 11.8 Å². The number of para-hydroxylation sites is 1. The minimum Gasteiger partial charge on any atom is -0.463 e. The van der Waals surface area contributed by atoms with E-state index in [0.29, 0.717) is 0 Å². The highest BCUT2D eigenvalue weighted by molar-refractivity contribution is 8.00. The van der Waals surface area contributed by atoms with Crippen LogP contribution in [0.25, 0.3) is 0 Å². The largest absolute Gasteiger partial charge is 0.463 e. The molecule has 0 aromatic heterocycles. The predicted molar refractivity (Wildman–Crippen MR) is 68.5 cm³/mol. The highest BCUT2D eigenvalue weighted by Gasteiger charge is 2.30. The van der Waals surface area contributed by atoms with Gasteiger partial charge in [-0.2, -0.15) is 5.26 Å². The average Bonchev–Trinajstić information content (AvgIpc) is 2.36. The van der Waals surface area contributed by atoms with Crippen molar-refractivity contribution >= 4 is 11.8 Å². The lowest BCUT2D eigenvalue weighted by atomic mass is 10.1. The van der Waals surface area contributed by atoms with Gasteiger partial charge in [-0.15, -0.1) is 11.8 Å². The Morgan fingerprint density at radius 1 is 1.38 bits per heavy atom. The molecule has 0 heterocycles. The summed E-state index contributed by atoms with van der Waals surface area (Å²) in [5, 5.41) is 9.27. The second-order valence-corrected chi connectivity index (χ2v) is 4.66. The maximum Gasteiger partial charge on any atom is 0.240 e. The summed E-state index contributed by atoms with van der Waals surface area (Å²) in [6.45, 7) is 2.12. The fourth-order valence-electron chi connectivity index (χ4n) is 1.41. The number of hydrogen-bond donors (Lipinski definition) is 0. The third kappa shape index (κ3) is 3.46. The van der Waals surface area contributed by atoms with Gasteiger partial charge in [-0.25, -0.2) is 0 Å². The topological polar surface area (TPSA) is 33.0 Å². The van der Waals surface area contributed by atoms with Crippen LogP contribution in [0.5, 0.6) is 5.75 Å². The van der Waals surface area contributed by atoms with Crippen LogP contribution in [0.2, 0.25) is 0 Å². The second kappa shape index (κ2) is 6.44. The number of rotatable bonds is 6. The third-order valence-corrected chi connectivity index (χ3v) is 3.42. The van der Waals surface area contributed by atoms with Crippen LogP contribution in [0.15, 0.2) is 30.3 Å². The van der Waals surface area contributed by atoms with Crippen molar-refractivity contribution in [2.45, 2.75) is 31.1 Å². The average molecular weight is 235 g/mol. The number of unbranched alkanes of at least 4 members (excludes halogenated alkanes) is 1. The maximum absolute atomic E-state index is 9.27. The maximum atomic E-state index is 9.27. The molecule has 0 spiro atoms. The van der Waals surface area contributed by atoms with Gasteiger partial charge in [0.2, 0.25) is 4.93 Å². The zero-order valence-electron chi connectivity index (χ0n) is 9.77. The molecule has 1 aromatic carbocycles. The Morgan fingerprint density at radius 2 is 2.06 bits per heavy atom. The first-order valence-corrected chi connectivity index (χ1v) is 6.69. The summed E-state index contributed by atoms with van der Waals surface area (Å²) in [5.41, 5.74) is 0. The fraction of sp³-hybridized carbons (Fsp3) is 0.462. The van der Waals surface area contributed by atoms with Gasteiger partial charge in [0.25, 0.3) is 0 Å². The van der Waals surface area contributed by atoms with Crippen LogP contribution >= 0.6 is 11.8 Å². The zero-order chi connectivity index (χ0) is 11.9. The van der Waals surface area contributed by atoms with E-state index < -0.39 is 4.93 Å². The van der Waals surface area contributed by atoms with Gasteiger partial charge in [-0.3, -0.25) is 0 Å². The van der Waals surface area contributed by atoms with Gasteiger partial charge in [0.05, 0.1) is 0 Å². The molecule has 1 aromatic rings. The molecule has 3 heteroatoms. The van der Waals surface area contributed by atoms with Crippen LogP contribution < -0.4 is 4.74 Å². The van der Waals surface area contributed by atoms with E-state index in [-0.39, 0.29) is 0 Å². The Kier molecular flexibility index (Phi) is 5.21. The van der Waals surface area contributed by atoms with E-state index in [1.165, 1.54) is 11.8 Å². The number of hydrogen-bond acceptors (Lipinski definition) is 3. The minimum absolute atomic E-state index is 0.739. The van der Waals surface area contributed by atoms with E-state index in [1.807, 2.05) is 36.6 Å². The van der Waals surface area contributed by atoms with E-state index in [9.17, 15) is 5.26 Å². The molecular weight excluding hydrogens is 218 g/mol. The Bertz CT molecular complexity index is 347. The van der Waals surface area contributed by atoms with Gasteiger partial charge in [0.1, 0.15) is 11.8 Å². The van der Waals surface area contributed by atoms with E-state index >= 15 is 0 Å². The fourth-order valence-corrected chi connectivity index (χ4v) is 2.03. The summed E-state index contributed by atoms with van der Waals surface area (Å²) >= 11 is 1.47. The van der Waals surface area contributed by atoms with E-state index in [0.717, 1.165) is 25.0 Å². The van der Waals surface area contributed by atoms with Gasteiger partial charge in [0, 0.05) is 6.42 Å². The van der Waals surface area contributed by atoms with Crippen molar-refractivity contribution in [2.75, 3.05) is 6.26 Å².